The van der Waals surface area contributed by atoms with Crippen molar-refractivity contribution in [2.75, 3.05) is 20.4 Å². The predicted octanol–water partition coefficient (Wildman–Crippen LogP) is 2.76. The van der Waals surface area contributed by atoms with Gasteiger partial charge in [0.2, 0.25) is 24.4 Å². The van der Waals surface area contributed by atoms with Crippen LogP contribution in [0.15, 0.2) is 22.7 Å². The molecule has 1 amide bonds. The van der Waals surface area contributed by atoms with E-state index in [2.05, 4.69) is 41.1 Å². The second-order valence-electron chi connectivity index (χ2n) is 8.72. The quantitative estimate of drug-likeness (QED) is 0.864. The van der Waals surface area contributed by atoms with Gasteiger partial charge in [0.1, 0.15) is 0 Å². The van der Waals surface area contributed by atoms with E-state index in [1.54, 1.807) is 0 Å². The molecule has 8 heteroatoms. The van der Waals surface area contributed by atoms with E-state index >= 15 is 0 Å². The Morgan fingerprint density at radius 1 is 1.29 bits per heavy atom. The first-order valence-corrected chi connectivity index (χ1v) is 9.52. The Balaban J connectivity index is 1.43. The van der Waals surface area contributed by atoms with Gasteiger partial charge in [-0.05, 0) is 37.1 Å². The summed E-state index contributed by atoms with van der Waals surface area (Å²) < 4.78 is 16.3. The van der Waals surface area contributed by atoms with E-state index in [1.165, 1.54) is 0 Å². The minimum atomic E-state index is -0.0278. The first kappa shape index (κ1) is 18.7. The number of hydrogen-bond donors (Lipinski definition) is 1. The van der Waals surface area contributed by atoms with Gasteiger partial charge < -0.3 is 19.3 Å². The lowest BCUT2D eigenvalue weighted by atomic mass is 9.92. The summed E-state index contributed by atoms with van der Waals surface area (Å²) in [5.41, 5.74) is 0.787. The third kappa shape index (κ3) is 3.96. The van der Waals surface area contributed by atoms with Gasteiger partial charge in [0.25, 0.3) is 0 Å². The number of benzene rings is 1. The van der Waals surface area contributed by atoms with Crippen LogP contribution in [0.5, 0.6) is 11.5 Å². The molecule has 1 aromatic heterocycles. The Labute approximate surface area is 164 Å². The summed E-state index contributed by atoms with van der Waals surface area (Å²) >= 11 is 0. The molecule has 2 atom stereocenters. The predicted molar refractivity (Wildman–Crippen MR) is 102 cm³/mol. The van der Waals surface area contributed by atoms with Crippen molar-refractivity contribution in [1.29, 1.82) is 0 Å². The van der Waals surface area contributed by atoms with Crippen LogP contribution in [-0.2, 0) is 4.79 Å². The number of fused-ring (bicyclic) bond motifs is 1. The van der Waals surface area contributed by atoms with Crippen molar-refractivity contribution in [3.63, 3.8) is 0 Å². The molecule has 8 nitrogen and oxygen atoms in total. The molecule has 1 fully saturated rings. The number of ether oxygens (including phenoxy) is 2. The highest BCUT2D eigenvalue weighted by Crippen LogP contribution is 2.36. The molecule has 2 aliphatic rings. The molecule has 1 saturated heterocycles. The minimum absolute atomic E-state index is 0.0183. The molecular formula is C20H26N4O4. The zero-order chi connectivity index (χ0) is 19.9. The number of carbonyl (C=O) groups excluding carboxylic acids is 1. The lowest BCUT2D eigenvalue weighted by Crippen LogP contribution is -2.38. The summed E-state index contributed by atoms with van der Waals surface area (Å²) in [5, 5.41) is 7.26. The fraction of sp³-hybridized carbons (Fsp3) is 0.550. The molecule has 3 heterocycles. The van der Waals surface area contributed by atoms with Gasteiger partial charge in [-0.2, -0.15) is 4.98 Å². The zero-order valence-corrected chi connectivity index (χ0v) is 16.7. The van der Waals surface area contributed by atoms with Crippen LogP contribution in [0, 0.1) is 5.41 Å². The molecule has 28 heavy (non-hydrogen) atoms. The van der Waals surface area contributed by atoms with Crippen molar-refractivity contribution in [2.45, 2.75) is 45.7 Å². The van der Waals surface area contributed by atoms with Crippen LogP contribution >= 0.6 is 0 Å². The van der Waals surface area contributed by atoms with E-state index in [1.807, 2.05) is 25.2 Å². The van der Waals surface area contributed by atoms with E-state index in [0.717, 1.165) is 24.3 Å². The van der Waals surface area contributed by atoms with Gasteiger partial charge >= 0.3 is 0 Å². The number of nitrogens with one attached hydrogen (secondary N) is 1. The van der Waals surface area contributed by atoms with Crippen LogP contribution in [0.2, 0.25) is 0 Å². The van der Waals surface area contributed by atoms with Gasteiger partial charge in [-0.25, -0.2) is 0 Å². The molecule has 1 N–H and O–H groups in total. The lowest BCUT2D eigenvalue weighted by Gasteiger charge is -2.19. The topological polar surface area (TPSA) is 89.7 Å². The number of aromatic nitrogens is 2. The molecule has 2 aromatic rings. The molecule has 0 spiro atoms. The van der Waals surface area contributed by atoms with Crippen molar-refractivity contribution in [3.05, 3.63) is 24.1 Å². The van der Waals surface area contributed by atoms with E-state index in [4.69, 9.17) is 14.0 Å². The summed E-state index contributed by atoms with van der Waals surface area (Å²) in [7, 11) is 2.00. The molecule has 0 bridgehead atoms. The molecule has 150 valence electrons. The Kier molecular flexibility index (Phi) is 4.74. The summed E-state index contributed by atoms with van der Waals surface area (Å²) in [5.74, 6) is 2.56. The SMILES string of the molecule is CN1C[C@@H](NC(=O)CC(C)(C)C)C[C@H]1c1nc(-c2ccc3c(c2)OCO3)no1. The van der Waals surface area contributed by atoms with Crippen molar-refractivity contribution in [2.24, 2.45) is 5.41 Å². The van der Waals surface area contributed by atoms with E-state index < -0.39 is 0 Å². The number of likely N-dealkylation sites (N-methyl/N-ethyl adjacent to an activating group) is 1. The van der Waals surface area contributed by atoms with Crippen LogP contribution in [0.3, 0.4) is 0 Å². The lowest BCUT2D eigenvalue weighted by molar-refractivity contribution is -0.123. The van der Waals surface area contributed by atoms with E-state index in [0.29, 0.717) is 23.9 Å². The Morgan fingerprint density at radius 2 is 2.07 bits per heavy atom. The molecular weight excluding hydrogens is 360 g/mol. The van der Waals surface area contributed by atoms with Gasteiger partial charge in [-0.15, -0.1) is 0 Å². The largest absolute Gasteiger partial charge is 0.454 e. The van der Waals surface area contributed by atoms with Crippen LogP contribution in [0.4, 0.5) is 0 Å². The number of hydrogen-bond acceptors (Lipinski definition) is 7. The number of amides is 1. The van der Waals surface area contributed by atoms with Gasteiger partial charge in [-0.1, -0.05) is 25.9 Å². The van der Waals surface area contributed by atoms with Crippen molar-refractivity contribution in [1.82, 2.24) is 20.4 Å². The maximum absolute atomic E-state index is 12.2. The van der Waals surface area contributed by atoms with Crippen molar-refractivity contribution < 1.29 is 18.8 Å². The zero-order valence-electron chi connectivity index (χ0n) is 16.7. The fourth-order valence-electron chi connectivity index (χ4n) is 3.68. The second-order valence-corrected chi connectivity index (χ2v) is 8.72. The Hall–Kier alpha value is -2.61. The maximum atomic E-state index is 12.2. The maximum Gasteiger partial charge on any atom is 0.244 e. The van der Waals surface area contributed by atoms with Gasteiger partial charge in [0, 0.05) is 24.6 Å². The number of carbonyl (C=O) groups is 1. The third-order valence-electron chi connectivity index (χ3n) is 4.96. The number of likely N-dealkylation sites (tertiary alicyclic amines) is 1. The summed E-state index contributed by atoms with van der Waals surface area (Å²) in [4.78, 5) is 19.0. The first-order chi connectivity index (χ1) is 13.3. The minimum Gasteiger partial charge on any atom is -0.454 e. The third-order valence-corrected chi connectivity index (χ3v) is 4.96. The van der Waals surface area contributed by atoms with Gasteiger partial charge in [0.05, 0.1) is 6.04 Å². The standard InChI is InChI=1S/C20H26N4O4/c1-20(2,3)9-17(25)21-13-8-14(24(4)10-13)19-22-18(23-28-19)12-5-6-15-16(7-12)27-11-26-15/h5-7,13-14H,8-11H2,1-4H3,(H,21,25)/t13-,14-/m0/s1. The number of rotatable bonds is 4. The fourth-order valence-corrected chi connectivity index (χ4v) is 3.68. The molecule has 1 aromatic carbocycles. The van der Waals surface area contributed by atoms with Crippen molar-refractivity contribution in [3.8, 4) is 22.9 Å². The molecule has 0 radical (unpaired) electrons. The van der Waals surface area contributed by atoms with Crippen LogP contribution < -0.4 is 14.8 Å². The Bertz CT molecular complexity index is 873. The molecule has 0 unspecified atom stereocenters. The first-order valence-electron chi connectivity index (χ1n) is 9.52. The Morgan fingerprint density at radius 3 is 2.86 bits per heavy atom. The molecule has 2 aliphatic heterocycles. The van der Waals surface area contributed by atoms with Gasteiger partial charge in [-0.3, -0.25) is 9.69 Å². The van der Waals surface area contributed by atoms with E-state index in [-0.39, 0.29) is 30.2 Å². The van der Waals surface area contributed by atoms with Gasteiger partial charge in [0.15, 0.2) is 11.5 Å². The molecule has 4 rings (SSSR count). The van der Waals surface area contributed by atoms with Crippen LogP contribution in [0.1, 0.15) is 45.5 Å². The summed E-state index contributed by atoms with van der Waals surface area (Å²) in [6.07, 6.45) is 1.25. The molecule has 0 aliphatic carbocycles. The summed E-state index contributed by atoms with van der Waals surface area (Å²) in [6, 6.07) is 5.64. The average Bonchev–Trinajstić information content (AvgIpc) is 3.31. The average molecular weight is 386 g/mol. The highest BCUT2D eigenvalue weighted by Gasteiger charge is 2.35. The highest BCUT2D eigenvalue weighted by atomic mass is 16.7. The normalized spacial score (nSPS) is 21.9. The summed E-state index contributed by atoms with van der Waals surface area (Å²) in [6.45, 7) is 7.17. The highest BCUT2D eigenvalue weighted by molar-refractivity contribution is 5.77. The smallest absolute Gasteiger partial charge is 0.244 e. The number of nitrogens with zero attached hydrogens (tertiary/aromatic N) is 3. The molecule has 0 saturated carbocycles. The van der Waals surface area contributed by atoms with Crippen molar-refractivity contribution >= 4 is 5.91 Å². The second kappa shape index (κ2) is 7.09. The van der Waals surface area contributed by atoms with E-state index in [9.17, 15) is 4.79 Å². The van der Waals surface area contributed by atoms with Crippen LogP contribution in [0.25, 0.3) is 11.4 Å². The van der Waals surface area contributed by atoms with Crippen LogP contribution in [-0.4, -0.2) is 47.4 Å². The monoisotopic (exact) mass is 386 g/mol.